The molecule has 0 bridgehead atoms. The Hall–Kier alpha value is -1.34. The molecule has 1 fully saturated rings. The van der Waals surface area contributed by atoms with Gasteiger partial charge >= 0.3 is 6.03 Å². The molecule has 1 aliphatic heterocycles. The highest BCUT2D eigenvalue weighted by molar-refractivity contribution is 7.09. The Morgan fingerprint density at radius 1 is 1.26 bits per heavy atom. The number of hydrogen-bond acceptors (Lipinski definition) is 3. The van der Waals surface area contributed by atoms with Crippen LogP contribution in [0.15, 0.2) is 29.6 Å². The van der Waals surface area contributed by atoms with Gasteiger partial charge in [0.2, 0.25) is 0 Å². The van der Waals surface area contributed by atoms with Crippen molar-refractivity contribution < 1.29 is 9.18 Å². The predicted octanol–water partition coefficient (Wildman–Crippen LogP) is 5.17. The van der Waals surface area contributed by atoms with Crippen LogP contribution < -0.4 is 5.32 Å². The summed E-state index contributed by atoms with van der Waals surface area (Å²) in [6.45, 7) is 5.85. The van der Waals surface area contributed by atoms with Gasteiger partial charge in [0.05, 0.1) is 11.1 Å². The molecule has 1 aromatic heterocycles. The molecule has 1 unspecified atom stereocenters. The Bertz CT molecular complexity index is 788. The number of nitrogens with zero attached hydrogens (tertiary/aromatic N) is 2. The first-order chi connectivity index (χ1) is 12.9. The highest BCUT2D eigenvalue weighted by Crippen LogP contribution is 2.28. The first-order valence-corrected chi connectivity index (χ1v) is 10.5. The van der Waals surface area contributed by atoms with E-state index < -0.39 is 11.9 Å². The summed E-state index contributed by atoms with van der Waals surface area (Å²) >= 11 is 13.7. The Morgan fingerprint density at radius 2 is 2.07 bits per heavy atom. The first kappa shape index (κ1) is 20.4. The van der Waals surface area contributed by atoms with Crippen molar-refractivity contribution in [1.29, 1.82) is 0 Å². The van der Waals surface area contributed by atoms with Crippen molar-refractivity contribution in [1.82, 2.24) is 15.1 Å². The minimum atomic E-state index is -0.545. The zero-order valence-electron chi connectivity index (χ0n) is 15.1. The molecule has 3 rings (SSSR count). The van der Waals surface area contributed by atoms with Crippen molar-refractivity contribution in [3.05, 3.63) is 55.9 Å². The molecule has 0 aliphatic carbocycles. The lowest BCUT2D eigenvalue weighted by atomic mass is 10.1. The highest BCUT2D eigenvalue weighted by Gasteiger charge is 2.22. The average Bonchev–Trinajstić information content (AvgIpc) is 3.02. The van der Waals surface area contributed by atoms with Gasteiger partial charge in [-0.2, -0.15) is 0 Å². The maximum absolute atomic E-state index is 13.7. The van der Waals surface area contributed by atoms with Crippen LogP contribution in [0.5, 0.6) is 0 Å². The van der Waals surface area contributed by atoms with Crippen molar-refractivity contribution >= 4 is 40.6 Å². The molecule has 0 spiro atoms. The number of halogens is 3. The van der Waals surface area contributed by atoms with E-state index in [1.807, 2.05) is 4.90 Å². The third kappa shape index (κ3) is 5.35. The van der Waals surface area contributed by atoms with E-state index >= 15 is 0 Å². The second-order valence-electron chi connectivity index (χ2n) is 6.66. The van der Waals surface area contributed by atoms with Gasteiger partial charge in [-0.3, -0.25) is 4.90 Å². The molecule has 1 aromatic carbocycles. The highest BCUT2D eigenvalue weighted by atomic mass is 35.5. The number of benzene rings is 1. The summed E-state index contributed by atoms with van der Waals surface area (Å²) in [7, 11) is 0. The molecule has 4 nitrogen and oxygen atoms in total. The van der Waals surface area contributed by atoms with Gasteiger partial charge in [-0.15, -0.1) is 11.3 Å². The van der Waals surface area contributed by atoms with Gasteiger partial charge in [0.15, 0.2) is 0 Å². The summed E-state index contributed by atoms with van der Waals surface area (Å²) in [5.74, 6) is -0.545. The normalized spacial score (nSPS) is 16.8. The molecule has 2 heterocycles. The summed E-state index contributed by atoms with van der Waals surface area (Å²) in [6.07, 6.45) is 0.920. The third-order valence-electron chi connectivity index (χ3n) is 4.68. The van der Waals surface area contributed by atoms with Gasteiger partial charge in [0.1, 0.15) is 5.82 Å². The number of carbonyl (C=O) groups is 1. The van der Waals surface area contributed by atoms with Gasteiger partial charge in [-0.1, -0.05) is 29.3 Å². The molecular weight excluding hydrogens is 408 g/mol. The Labute approximate surface area is 172 Å². The Kier molecular flexibility index (Phi) is 6.98. The summed E-state index contributed by atoms with van der Waals surface area (Å²) in [5.41, 5.74) is 0.515. The fourth-order valence-corrected chi connectivity index (χ4v) is 4.47. The molecule has 0 saturated carbocycles. The molecule has 1 saturated heterocycles. The van der Waals surface area contributed by atoms with E-state index in [4.69, 9.17) is 23.2 Å². The monoisotopic (exact) mass is 429 g/mol. The van der Waals surface area contributed by atoms with E-state index in [-0.39, 0.29) is 11.1 Å². The number of urea groups is 1. The van der Waals surface area contributed by atoms with Gasteiger partial charge in [0.25, 0.3) is 0 Å². The summed E-state index contributed by atoms with van der Waals surface area (Å²) in [6, 6.07) is 6.26. The minimum absolute atomic E-state index is 0.0272. The van der Waals surface area contributed by atoms with E-state index in [0.717, 1.165) is 26.1 Å². The molecule has 1 N–H and O–H groups in total. The number of nitrogens with one attached hydrogen (secondary N) is 1. The topological polar surface area (TPSA) is 35.6 Å². The maximum Gasteiger partial charge on any atom is 0.317 e. The van der Waals surface area contributed by atoms with Crippen molar-refractivity contribution in [3.63, 3.8) is 0 Å². The van der Waals surface area contributed by atoms with Crippen LogP contribution in [0.2, 0.25) is 10.0 Å². The lowest BCUT2D eigenvalue weighted by Gasteiger charge is -2.25. The van der Waals surface area contributed by atoms with Crippen molar-refractivity contribution in [2.24, 2.45) is 0 Å². The van der Waals surface area contributed by atoms with Crippen molar-refractivity contribution in [2.45, 2.75) is 25.9 Å². The van der Waals surface area contributed by atoms with Crippen LogP contribution in [0.3, 0.4) is 0 Å². The van der Waals surface area contributed by atoms with Gasteiger partial charge < -0.3 is 10.2 Å². The fourth-order valence-electron chi connectivity index (χ4n) is 3.18. The van der Waals surface area contributed by atoms with Crippen LogP contribution in [0.1, 0.15) is 29.8 Å². The fraction of sp³-hybridized carbons (Fsp3) is 0.421. The molecule has 2 aromatic rings. The maximum atomic E-state index is 13.7. The van der Waals surface area contributed by atoms with Crippen LogP contribution in [0.25, 0.3) is 0 Å². The van der Waals surface area contributed by atoms with E-state index in [1.54, 1.807) is 18.3 Å². The molecule has 2 amide bonds. The van der Waals surface area contributed by atoms with E-state index in [0.29, 0.717) is 23.7 Å². The van der Waals surface area contributed by atoms with E-state index in [1.165, 1.54) is 17.0 Å². The number of amides is 2. The lowest BCUT2D eigenvalue weighted by molar-refractivity contribution is 0.194. The second-order valence-corrected chi connectivity index (χ2v) is 8.50. The van der Waals surface area contributed by atoms with Crippen molar-refractivity contribution in [2.75, 3.05) is 26.2 Å². The smallest absolute Gasteiger partial charge is 0.317 e. The van der Waals surface area contributed by atoms with Crippen molar-refractivity contribution in [3.8, 4) is 0 Å². The SMILES string of the molecule is CC(NC(=O)N1CCCN(Cc2cccs2)CC1)c1cc(F)c(Cl)cc1Cl. The third-order valence-corrected chi connectivity index (χ3v) is 6.16. The van der Waals surface area contributed by atoms with Gasteiger partial charge in [-0.05, 0) is 42.5 Å². The molecule has 146 valence electrons. The second kappa shape index (κ2) is 9.24. The first-order valence-electron chi connectivity index (χ1n) is 8.88. The molecule has 1 atom stereocenters. The average molecular weight is 430 g/mol. The molecule has 27 heavy (non-hydrogen) atoms. The number of rotatable bonds is 4. The number of carbonyl (C=O) groups excluding carboxylic acids is 1. The van der Waals surface area contributed by atoms with Crippen LogP contribution in [0, 0.1) is 5.82 Å². The summed E-state index contributed by atoms with van der Waals surface area (Å²) < 4.78 is 13.7. The van der Waals surface area contributed by atoms with Crippen LogP contribution in [-0.2, 0) is 6.54 Å². The Morgan fingerprint density at radius 3 is 2.81 bits per heavy atom. The largest absolute Gasteiger partial charge is 0.331 e. The molecule has 0 radical (unpaired) electrons. The summed E-state index contributed by atoms with van der Waals surface area (Å²) in [4.78, 5) is 18.2. The predicted molar refractivity (Wildman–Crippen MR) is 109 cm³/mol. The van der Waals surface area contributed by atoms with E-state index in [2.05, 4.69) is 27.7 Å². The summed E-state index contributed by atoms with van der Waals surface area (Å²) in [5, 5.41) is 5.31. The molecule has 8 heteroatoms. The minimum Gasteiger partial charge on any atom is -0.331 e. The van der Waals surface area contributed by atoms with Crippen LogP contribution >= 0.6 is 34.5 Å². The van der Waals surface area contributed by atoms with Gasteiger partial charge in [-0.25, -0.2) is 9.18 Å². The number of thiophene rings is 1. The standard InChI is InChI=1S/C19H22Cl2FN3OS/c1-13(15-10-18(22)17(21)11-16(15)20)23-19(26)25-6-3-5-24(7-8-25)12-14-4-2-9-27-14/h2,4,9-11,13H,3,5-8,12H2,1H3,(H,23,26). The van der Waals surface area contributed by atoms with Crippen LogP contribution in [-0.4, -0.2) is 42.0 Å². The zero-order valence-corrected chi connectivity index (χ0v) is 17.4. The molecule has 1 aliphatic rings. The molecular formula is C19H22Cl2FN3OS. The zero-order chi connectivity index (χ0) is 19.4. The van der Waals surface area contributed by atoms with E-state index in [9.17, 15) is 9.18 Å². The quantitative estimate of drug-likeness (QED) is 0.680. The number of hydrogen-bond donors (Lipinski definition) is 1. The van der Waals surface area contributed by atoms with Gasteiger partial charge in [0, 0.05) is 42.6 Å². The Balaban J connectivity index is 1.57. The van der Waals surface area contributed by atoms with Crippen LogP contribution in [0.4, 0.5) is 9.18 Å². The lowest BCUT2D eigenvalue weighted by Crippen LogP contribution is -2.43.